The Morgan fingerprint density at radius 2 is 1.89 bits per heavy atom. The summed E-state index contributed by atoms with van der Waals surface area (Å²) in [5, 5.41) is 7.18. The van der Waals surface area contributed by atoms with Gasteiger partial charge in [-0.3, -0.25) is 4.57 Å². The second-order valence-electron chi connectivity index (χ2n) is 3.81. The molecular formula is C12H15BrN4S. The number of rotatable bonds is 4. The zero-order valence-electron chi connectivity index (χ0n) is 10.4. The van der Waals surface area contributed by atoms with Crippen LogP contribution in [0.4, 0.5) is 5.95 Å². The fraction of sp³-hybridized carbons (Fsp3) is 0.333. The Morgan fingerprint density at radius 3 is 2.44 bits per heavy atom. The molecule has 0 aliphatic carbocycles. The first-order chi connectivity index (χ1) is 8.67. The average Bonchev–Trinajstić information content (AvgIpc) is 2.74. The number of nitrogens with zero attached hydrogens (tertiary/aromatic N) is 3. The van der Waals surface area contributed by atoms with Crippen molar-refractivity contribution in [2.24, 2.45) is 0 Å². The molecule has 1 aromatic heterocycles. The van der Waals surface area contributed by atoms with Crippen molar-refractivity contribution >= 4 is 34.1 Å². The van der Waals surface area contributed by atoms with Crippen LogP contribution in [0.2, 0.25) is 0 Å². The van der Waals surface area contributed by atoms with Crippen LogP contribution in [0.15, 0.2) is 28.7 Å². The highest BCUT2D eigenvalue weighted by molar-refractivity contribution is 9.10. The molecule has 2 aromatic rings. The molecule has 0 unspecified atom stereocenters. The van der Waals surface area contributed by atoms with Gasteiger partial charge in [0.25, 0.3) is 0 Å². The first-order valence-corrected chi connectivity index (χ1v) is 7.05. The van der Waals surface area contributed by atoms with E-state index in [0.29, 0.717) is 4.77 Å². The van der Waals surface area contributed by atoms with Gasteiger partial charge in [0.2, 0.25) is 10.7 Å². The molecule has 0 amide bonds. The molecule has 0 aliphatic heterocycles. The van der Waals surface area contributed by atoms with Crippen LogP contribution in [0.5, 0.6) is 0 Å². The summed E-state index contributed by atoms with van der Waals surface area (Å²) in [4.78, 5) is 2.16. The van der Waals surface area contributed by atoms with Crippen LogP contribution in [-0.4, -0.2) is 27.9 Å². The largest absolute Gasteiger partial charge is 0.341 e. The SMILES string of the molecule is CCN(CC)c1n[nH]c(=S)n1-c1ccc(Br)cc1. The Morgan fingerprint density at radius 1 is 1.28 bits per heavy atom. The van der Waals surface area contributed by atoms with E-state index in [1.165, 1.54) is 0 Å². The first kappa shape index (κ1) is 13.3. The summed E-state index contributed by atoms with van der Waals surface area (Å²) in [5.41, 5.74) is 1.01. The maximum absolute atomic E-state index is 5.31. The van der Waals surface area contributed by atoms with E-state index in [1.54, 1.807) is 0 Å². The Labute approximate surface area is 120 Å². The lowest BCUT2D eigenvalue weighted by molar-refractivity contribution is 0.803. The van der Waals surface area contributed by atoms with Crippen LogP contribution >= 0.6 is 28.1 Å². The van der Waals surface area contributed by atoms with Crippen molar-refractivity contribution in [3.05, 3.63) is 33.5 Å². The van der Waals surface area contributed by atoms with Crippen molar-refractivity contribution in [1.29, 1.82) is 0 Å². The van der Waals surface area contributed by atoms with Crippen molar-refractivity contribution in [3.63, 3.8) is 0 Å². The van der Waals surface area contributed by atoms with Gasteiger partial charge in [0.15, 0.2) is 0 Å². The number of hydrogen-bond acceptors (Lipinski definition) is 3. The van der Waals surface area contributed by atoms with E-state index in [-0.39, 0.29) is 0 Å². The fourth-order valence-corrected chi connectivity index (χ4v) is 2.33. The minimum absolute atomic E-state index is 0.610. The summed E-state index contributed by atoms with van der Waals surface area (Å²) in [7, 11) is 0. The summed E-state index contributed by atoms with van der Waals surface area (Å²) in [6.07, 6.45) is 0. The number of halogens is 1. The molecule has 0 fully saturated rings. The maximum atomic E-state index is 5.31. The highest BCUT2D eigenvalue weighted by Crippen LogP contribution is 2.20. The lowest BCUT2D eigenvalue weighted by Crippen LogP contribution is -2.25. The van der Waals surface area contributed by atoms with E-state index >= 15 is 0 Å². The summed E-state index contributed by atoms with van der Waals surface area (Å²) in [6, 6.07) is 8.02. The topological polar surface area (TPSA) is 36.9 Å². The third-order valence-electron chi connectivity index (χ3n) is 2.79. The molecule has 0 atom stereocenters. The number of benzene rings is 1. The first-order valence-electron chi connectivity index (χ1n) is 5.85. The Balaban J connectivity index is 2.53. The van der Waals surface area contributed by atoms with Gasteiger partial charge in [0.1, 0.15) is 0 Å². The number of H-pyrrole nitrogens is 1. The molecule has 0 bridgehead atoms. The second-order valence-corrected chi connectivity index (χ2v) is 5.12. The van der Waals surface area contributed by atoms with Gasteiger partial charge in [-0.05, 0) is 50.3 Å². The number of nitrogens with one attached hydrogen (secondary N) is 1. The Hall–Kier alpha value is -1.14. The predicted molar refractivity (Wildman–Crippen MR) is 80.0 cm³/mol. The van der Waals surface area contributed by atoms with Crippen LogP contribution in [0, 0.1) is 4.77 Å². The molecule has 1 heterocycles. The van der Waals surface area contributed by atoms with Crippen molar-refractivity contribution in [3.8, 4) is 5.69 Å². The minimum Gasteiger partial charge on any atom is -0.341 e. The van der Waals surface area contributed by atoms with Crippen LogP contribution < -0.4 is 4.90 Å². The molecule has 0 spiro atoms. The molecule has 0 saturated carbocycles. The summed E-state index contributed by atoms with van der Waals surface area (Å²) < 4.78 is 3.61. The molecule has 0 radical (unpaired) electrons. The molecule has 6 heteroatoms. The summed E-state index contributed by atoms with van der Waals surface area (Å²) in [6.45, 7) is 6.00. The number of hydrogen-bond donors (Lipinski definition) is 1. The van der Waals surface area contributed by atoms with E-state index in [0.717, 1.165) is 29.2 Å². The van der Waals surface area contributed by atoms with Crippen molar-refractivity contribution < 1.29 is 0 Å². The highest BCUT2D eigenvalue weighted by Gasteiger charge is 2.12. The van der Waals surface area contributed by atoms with Crippen molar-refractivity contribution in [2.75, 3.05) is 18.0 Å². The van der Waals surface area contributed by atoms with Gasteiger partial charge < -0.3 is 4.90 Å². The van der Waals surface area contributed by atoms with Gasteiger partial charge in [-0.25, -0.2) is 5.10 Å². The van der Waals surface area contributed by atoms with E-state index in [1.807, 2.05) is 28.8 Å². The van der Waals surface area contributed by atoms with E-state index < -0.39 is 0 Å². The van der Waals surface area contributed by atoms with Gasteiger partial charge in [-0.1, -0.05) is 15.9 Å². The number of aromatic amines is 1. The minimum atomic E-state index is 0.610. The molecule has 96 valence electrons. The zero-order valence-corrected chi connectivity index (χ0v) is 12.8. The molecule has 1 N–H and O–H groups in total. The third kappa shape index (κ3) is 2.49. The van der Waals surface area contributed by atoms with Gasteiger partial charge in [-0.15, -0.1) is 5.10 Å². The molecule has 2 rings (SSSR count). The number of anilines is 1. The maximum Gasteiger partial charge on any atom is 0.230 e. The van der Waals surface area contributed by atoms with Gasteiger partial charge >= 0.3 is 0 Å². The van der Waals surface area contributed by atoms with Crippen LogP contribution in [0.3, 0.4) is 0 Å². The normalized spacial score (nSPS) is 10.6. The lowest BCUT2D eigenvalue weighted by Gasteiger charge is -2.20. The molecule has 18 heavy (non-hydrogen) atoms. The Bertz CT molecular complexity index is 569. The van der Waals surface area contributed by atoms with E-state index in [9.17, 15) is 0 Å². The molecule has 1 aromatic carbocycles. The van der Waals surface area contributed by atoms with Gasteiger partial charge in [-0.2, -0.15) is 0 Å². The average molecular weight is 327 g/mol. The van der Waals surface area contributed by atoms with Crippen molar-refractivity contribution in [1.82, 2.24) is 14.8 Å². The standard InChI is InChI=1S/C12H15BrN4S/c1-3-16(4-2)11-14-15-12(18)17(11)10-7-5-9(13)6-8-10/h5-8H,3-4H2,1-2H3,(H,15,18). The molecular weight excluding hydrogens is 312 g/mol. The Kier molecular flexibility index (Phi) is 4.19. The second kappa shape index (κ2) is 5.67. The fourth-order valence-electron chi connectivity index (χ4n) is 1.83. The smallest absolute Gasteiger partial charge is 0.230 e. The molecule has 0 saturated heterocycles. The van der Waals surface area contributed by atoms with Gasteiger partial charge in [0, 0.05) is 17.6 Å². The highest BCUT2D eigenvalue weighted by atomic mass is 79.9. The number of aromatic nitrogens is 3. The van der Waals surface area contributed by atoms with Crippen molar-refractivity contribution in [2.45, 2.75) is 13.8 Å². The summed E-state index contributed by atoms with van der Waals surface area (Å²) in [5.74, 6) is 0.854. The van der Waals surface area contributed by atoms with Gasteiger partial charge in [0.05, 0.1) is 5.69 Å². The quantitative estimate of drug-likeness (QED) is 0.873. The lowest BCUT2D eigenvalue weighted by atomic mass is 10.3. The summed E-state index contributed by atoms with van der Waals surface area (Å²) >= 11 is 8.74. The van der Waals surface area contributed by atoms with Crippen LogP contribution in [-0.2, 0) is 0 Å². The van der Waals surface area contributed by atoms with Crippen LogP contribution in [0.25, 0.3) is 5.69 Å². The zero-order chi connectivity index (χ0) is 13.1. The molecule has 4 nitrogen and oxygen atoms in total. The third-order valence-corrected chi connectivity index (χ3v) is 3.59. The predicted octanol–water partition coefficient (Wildman–Crippen LogP) is 3.54. The monoisotopic (exact) mass is 326 g/mol. The molecule has 0 aliphatic rings. The van der Waals surface area contributed by atoms with Crippen LogP contribution in [0.1, 0.15) is 13.8 Å². The van der Waals surface area contributed by atoms with E-state index in [2.05, 4.69) is 44.9 Å². The van der Waals surface area contributed by atoms with E-state index in [4.69, 9.17) is 12.2 Å².